The van der Waals surface area contributed by atoms with Crippen molar-refractivity contribution in [3.05, 3.63) is 24.3 Å². The lowest BCUT2D eigenvalue weighted by Gasteiger charge is -2.21. The maximum atomic E-state index is 12.0. The van der Waals surface area contributed by atoms with Crippen molar-refractivity contribution >= 4 is 5.91 Å². The summed E-state index contributed by atoms with van der Waals surface area (Å²) in [6.45, 7) is 5.71. The molecular formula is C16H25NO4. The van der Waals surface area contributed by atoms with E-state index in [0.717, 1.165) is 12.2 Å². The third-order valence-corrected chi connectivity index (χ3v) is 3.06. The molecule has 1 aromatic rings. The predicted molar refractivity (Wildman–Crippen MR) is 81.6 cm³/mol. The van der Waals surface area contributed by atoms with Crippen molar-refractivity contribution in [2.45, 2.75) is 39.3 Å². The van der Waals surface area contributed by atoms with E-state index in [-0.39, 0.29) is 18.6 Å². The molecule has 118 valence electrons. The molecule has 21 heavy (non-hydrogen) atoms. The maximum absolute atomic E-state index is 12.0. The Balaban J connectivity index is 2.52. The second-order valence-electron chi connectivity index (χ2n) is 5.45. The Morgan fingerprint density at radius 2 is 1.76 bits per heavy atom. The summed E-state index contributed by atoms with van der Waals surface area (Å²) in [7, 11) is 1.59. The molecule has 5 nitrogen and oxygen atoms in total. The Morgan fingerprint density at radius 3 is 2.24 bits per heavy atom. The highest BCUT2D eigenvalue weighted by atomic mass is 16.5. The van der Waals surface area contributed by atoms with Crippen molar-refractivity contribution in [2.24, 2.45) is 5.92 Å². The van der Waals surface area contributed by atoms with E-state index in [4.69, 9.17) is 9.47 Å². The molecule has 0 saturated heterocycles. The molecule has 0 heterocycles. The number of aliphatic hydroxyl groups excluding tert-OH is 1. The van der Waals surface area contributed by atoms with Crippen LogP contribution in [0.25, 0.3) is 0 Å². The SMILES string of the molecule is COc1ccc(OC(C)C(=O)NC(CO)CC(C)C)cc1. The van der Waals surface area contributed by atoms with Gasteiger partial charge in [-0.2, -0.15) is 0 Å². The number of carbonyl (C=O) groups excluding carboxylic acids is 1. The Hall–Kier alpha value is -1.75. The number of hydrogen-bond donors (Lipinski definition) is 2. The van der Waals surface area contributed by atoms with Crippen LogP contribution in [0, 0.1) is 5.92 Å². The molecule has 0 aliphatic carbocycles. The van der Waals surface area contributed by atoms with Gasteiger partial charge in [0, 0.05) is 0 Å². The van der Waals surface area contributed by atoms with E-state index in [9.17, 15) is 9.90 Å². The quantitative estimate of drug-likeness (QED) is 0.769. The van der Waals surface area contributed by atoms with Gasteiger partial charge in [0.1, 0.15) is 11.5 Å². The average molecular weight is 295 g/mol. The minimum atomic E-state index is -0.625. The molecule has 1 rings (SSSR count). The molecule has 0 aliphatic heterocycles. The predicted octanol–water partition coefficient (Wildman–Crippen LogP) is 1.99. The van der Waals surface area contributed by atoms with Gasteiger partial charge in [0.15, 0.2) is 6.10 Å². The highest BCUT2D eigenvalue weighted by molar-refractivity contribution is 5.81. The van der Waals surface area contributed by atoms with Crippen molar-refractivity contribution in [2.75, 3.05) is 13.7 Å². The van der Waals surface area contributed by atoms with Crippen LogP contribution in [-0.4, -0.2) is 36.9 Å². The lowest BCUT2D eigenvalue weighted by Crippen LogP contribution is -2.44. The molecular weight excluding hydrogens is 270 g/mol. The molecule has 5 heteroatoms. The smallest absolute Gasteiger partial charge is 0.261 e. The van der Waals surface area contributed by atoms with Gasteiger partial charge in [-0.1, -0.05) is 13.8 Å². The first kappa shape index (κ1) is 17.3. The number of amides is 1. The Bertz CT molecular complexity index is 430. The van der Waals surface area contributed by atoms with Gasteiger partial charge in [0.2, 0.25) is 0 Å². The van der Waals surface area contributed by atoms with Gasteiger partial charge in [-0.3, -0.25) is 4.79 Å². The van der Waals surface area contributed by atoms with Gasteiger partial charge in [-0.15, -0.1) is 0 Å². The van der Waals surface area contributed by atoms with Gasteiger partial charge in [0.05, 0.1) is 19.8 Å². The second kappa shape index (κ2) is 8.52. The fourth-order valence-corrected chi connectivity index (χ4v) is 1.98. The monoisotopic (exact) mass is 295 g/mol. The third kappa shape index (κ3) is 6.04. The highest BCUT2D eigenvalue weighted by Gasteiger charge is 2.19. The summed E-state index contributed by atoms with van der Waals surface area (Å²) >= 11 is 0. The topological polar surface area (TPSA) is 67.8 Å². The minimum Gasteiger partial charge on any atom is -0.497 e. The van der Waals surface area contributed by atoms with Crippen LogP contribution in [0.3, 0.4) is 0 Å². The number of hydrogen-bond acceptors (Lipinski definition) is 4. The van der Waals surface area contributed by atoms with E-state index in [1.165, 1.54) is 0 Å². The number of aliphatic hydroxyl groups is 1. The normalized spacial score (nSPS) is 13.6. The molecule has 0 spiro atoms. The first-order chi connectivity index (χ1) is 9.96. The van der Waals surface area contributed by atoms with Crippen LogP contribution < -0.4 is 14.8 Å². The first-order valence-corrected chi connectivity index (χ1v) is 7.18. The molecule has 2 atom stereocenters. The number of nitrogens with one attached hydrogen (secondary N) is 1. The molecule has 0 fully saturated rings. The summed E-state index contributed by atoms with van der Waals surface area (Å²) in [5, 5.41) is 12.1. The molecule has 0 radical (unpaired) electrons. The number of carbonyl (C=O) groups is 1. The molecule has 2 unspecified atom stereocenters. The minimum absolute atomic E-state index is 0.0703. The summed E-state index contributed by atoms with van der Waals surface area (Å²) < 4.78 is 10.6. The summed E-state index contributed by atoms with van der Waals surface area (Å²) in [4.78, 5) is 12.0. The van der Waals surface area contributed by atoms with Crippen LogP contribution in [0.1, 0.15) is 27.2 Å². The fraction of sp³-hybridized carbons (Fsp3) is 0.562. The molecule has 0 aliphatic rings. The molecule has 1 aromatic carbocycles. The van der Waals surface area contributed by atoms with Crippen LogP contribution in [0.4, 0.5) is 0 Å². The van der Waals surface area contributed by atoms with Crippen LogP contribution in [-0.2, 0) is 4.79 Å². The van der Waals surface area contributed by atoms with Crippen LogP contribution in [0.15, 0.2) is 24.3 Å². The Morgan fingerprint density at radius 1 is 1.19 bits per heavy atom. The fourth-order valence-electron chi connectivity index (χ4n) is 1.98. The van der Waals surface area contributed by atoms with E-state index in [0.29, 0.717) is 11.7 Å². The van der Waals surface area contributed by atoms with E-state index >= 15 is 0 Å². The van der Waals surface area contributed by atoms with Crippen molar-refractivity contribution in [3.63, 3.8) is 0 Å². The average Bonchev–Trinajstić information content (AvgIpc) is 2.46. The number of benzene rings is 1. The largest absolute Gasteiger partial charge is 0.497 e. The van der Waals surface area contributed by atoms with Crippen LogP contribution in [0.2, 0.25) is 0 Å². The Labute approximate surface area is 126 Å². The van der Waals surface area contributed by atoms with E-state index in [1.807, 2.05) is 13.8 Å². The summed E-state index contributed by atoms with van der Waals surface area (Å²) in [5.74, 6) is 1.50. The standard InChI is InChI=1S/C16H25NO4/c1-11(2)9-13(10-18)17-16(19)12(3)21-15-7-5-14(20-4)6-8-15/h5-8,11-13,18H,9-10H2,1-4H3,(H,17,19). The zero-order valence-corrected chi connectivity index (χ0v) is 13.1. The number of methoxy groups -OCH3 is 1. The summed E-state index contributed by atoms with van der Waals surface area (Å²) in [5.41, 5.74) is 0. The number of rotatable bonds is 8. The lowest BCUT2D eigenvalue weighted by atomic mass is 10.0. The van der Waals surface area contributed by atoms with E-state index in [2.05, 4.69) is 5.32 Å². The second-order valence-corrected chi connectivity index (χ2v) is 5.45. The van der Waals surface area contributed by atoms with Gasteiger partial charge >= 0.3 is 0 Å². The molecule has 0 saturated carbocycles. The van der Waals surface area contributed by atoms with Crippen molar-refractivity contribution in [1.82, 2.24) is 5.32 Å². The highest BCUT2D eigenvalue weighted by Crippen LogP contribution is 2.18. The Kier molecular flexibility index (Phi) is 7.02. The molecule has 0 bridgehead atoms. The molecule has 0 aromatic heterocycles. The molecule has 1 amide bonds. The van der Waals surface area contributed by atoms with Crippen molar-refractivity contribution < 1.29 is 19.4 Å². The maximum Gasteiger partial charge on any atom is 0.261 e. The van der Waals surface area contributed by atoms with Gasteiger partial charge in [-0.25, -0.2) is 0 Å². The van der Waals surface area contributed by atoms with Crippen LogP contribution >= 0.6 is 0 Å². The van der Waals surface area contributed by atoms with Gasteiger partial charge in [0.25, 0.3) is 5.91 Å². The van der Waals surface area contributed by atoms with Crippen LogP contribution in [0.5, 0.6) is 11.5 Å². The zero-order valence-electron chi connectivity index (χ0n) is 13.1. The summed E-state index contributed by atoms with van der Waals surface area (Å²) in [6, 6.07) is 6.81. The zero-order chi connectivity index (χ0) is 15.8. The molecule has 2 N–H and O–H groups in total. The summed E-state index contributed by atoms with van der Waals surface area (Å²) in [6.07, 6.45) is 0.108. The van der Waals surface area contributed by atoms with Crippen molar-refractivity contribution in [1.29, 1.82) is 0 Å². The lowest BCUT2D eigenvalue weighted by molar-refractivity contribution is -0.128. The first-order valence-electron chi connectivity index (χ1n) is 7.18. The number of ether oxygens (including phenoxy) is 2. The third-order valence-electron chi connectivity index (χ3n) is 3.06. The van der Waals surface area contributed by atoms with Crippen molar-refractivity contribution in [3.8, 4) is 11.5 Å². The van der Waals surface area contributed by atoms with E-state index < -0.39 is 6.10 Å². The van der Waals surface area contributed by atoms with Gasteiger partial charge in [-0.05, 0) is 43.5 Å². The van der Waals surface area contributed by atoms with E-state index in [1.54, 1.807) is 38.3 Å². The van der Waals surface area contributed by atoms with Gasteiger partial charge < -0.3 is 19.9 Å².